The summed E-state index contributed by atoms with van der Waals surface area (Å²) in [5.41, 5.74) is 2.76. The van der Waals surface area contributed by atoms with E-state index in [9.17, 15) is 9.59 Å². The first kappa shape index (κ1) is 23.5. The minimum atomic E-state index is -0.369. The number of ether oxygens (including phenoxy) is 1. The number of hydrogen-bond acceptors (Lipinski definition) is 5. The fraction of sp³-hybridized carbons (Fsp3) is 0.280. The Morgan fingerprint density at radius 1 is 1.15 bits per heavy atom. The van der Waals surface area contributed by atoms with Gasteiger partial charge in [0.25, 0.3) is 11.5 Å². The number of pyridine rings is 1. The molecule has 0 fully saturated rings. The Kier molecular flexibility index (Phi) is 6.18. The van der Waals surface area contributed by atoms with Gasteiger partial charge in [-0.1, -0.05) is 17.7 Å². The molecule has 0 aliphatic heterocycles. The molecule has 3 heterocycles. The van der Waals surface area contributed by atoms with Gasteiger partial charge in [0.15, 0.2) is 18.0 Å². The van der Waals surface area contributed by atoms with Crippen LogP contribution in [0.3, 0.4) is 0 Å². The van der Waals surface area contributed by atoms with E-state index in [1.54, 1.807) is 36.0 Å². The zero-order valence-electron chi connectivity index (χ0n) is 19.7. The molecule has 176 valence electrons. The van der Waals surface area contributed by atoms with Crippen molar-refractivity contribution in [3.63, 3.8) is 0 Å². The van der Waals surface area contributed by atoms with Crippen molar-refractivity contribution in [3.8, 4) is 22.7 Å². The maximum Gasteiger partial charge on any atom is 0.267 e. The molecular weight excluding hydrogens is 454 g/mol. The predicted molar refractivity (Wildman–Crippen MR) is 132 cm³/mol. The van der Waals surface area contributed by atoms with Gasteiger partial charge in [-0.3, -0.25) is 14.0 Å². The number of nitrogens with zero attached hydrogens (tertiary/aromatic N) is 4. The van der Waals surface area contributed by atoms with E-state index in [1.807, 2.05) is 52.0 Å². The highest BCUT2D eigenvalue weighted by Crippen LogP contribution is 2.24. The van der Waals surface area contributed by atoms with Gasteiger partial charge in [0, 0.05) is 22.5 Å². The largest absolute Gasteiger partial charge is 0.480 e. The van der Waals surface area contributed by atoms with E-state index in [2.05, 4.69) is 15.4 Å². The minimum Gasteiger partial charge on any atom is -0.480 e. The molecule has 0 atom stereocenters. The van der Waals surface area contributed by atoms with E-state index in [1.165, 1.54) is 4.40 Å². The molecule has 1 aromatic carbocycles. The van der Waals surface area contributed by atoms with Crippen LogP contribution in [0.2, 0.25) is 5.02 Å². The van der Waals surface area contributed by atoms with E-state index < -0.39 is 0 Å². The third-order valence-electron chi connectivity index (χ3n) is 5.07. The fourth-order valence-corrected chi connectivity index (χ4v) is 3.90. The number of hydrogen-bond donors (Lipinski definition) is 1. The molecule has 8 nitrogen and oxygen atoms in total. The molecule has 0 bridgehead atoms. The molecule has 0 saturated carbocycles. The van der Waals surface area contributed by atoms with Crippen LogP contribution in [0, 0.1) is 13.8 Å². The molecule has 0 saturated heterocycles. The molecule has 4 rings (SSSR count). The molecule has 34 heavy (non-hydrogen) atoms. The van der Waals surface area contributed by atoms with E-state index in [-0.39, 0.29) is 23.6 Å². The van der Waals surface area contributed by atoms with Crippen LogP contribution in [0.4, 0.5) is 0 Å². The van der Waals surface area contributed by atoms with Crippen molar-refractivity contribution in [3.05, 3.63) is 75.4 Å². The lowest BCUT2D eigenvalue weighted by molar-refractivity contribution is -0.124. The van der Waals surface area contributed by atoms with Crippen molar-refractivity contribution < 1.29 is 9.53 Å². The van der Waals surface area contributed by atoms with Gasteiger partial charge in [-0.05, 0) is 71.0 Å². The van der Waals surface area contributed by atoms with Gasteiger partial charge < -0.3 is 10.1 Å². The first-order chi connectivity index (χ1) is 16.0. The standard InChI is InChI=1S/C25H26ClN5O3/c1-15-12-19(29-31(15)18-9-6-8-17(26)13-18)22-16(2)27-23-20(10-7-11-30(23)24(22)33)34-14-21(32)28-25(3,4)5/h6-13H,14H2,1-5H3,(H,28,32). The summed E-state index contributed by atoms with van der Waals surface area (Å²) < 4.78 is 8.86. The Bertz CT molecular complexity index is 1450. The average molecular weight is 480 g/mol. The number of aromatic nitrogens is 4. The predicted octanol–water partition coefficient (Wildman–Crippen LogP) is 4.11. The Hall–Kier alpha value is -3.65. The number of carbonyl (C=O) groups is 1. The molecule has 1 N–H and O–H groups in total. The molecule has 3 aromatic heterocycles. The topological polar surface area (TPSA) is 90.5 Å². The molecule has 0 aliphatic carbocycles. The lowest BCUT2D eigenvalue weighted by Crippen LogP contribution is -2.43. The van der Waals surface area contributed by atoms with Crippen LogP contribution in [0.15, 0.2) is 53.5 Å². The van der Waals surface area contributed by atoms with Crippen molar-refractivity contribution in [1.29, 1.82) is 0 Å². The third-order valence-corrected chi connectivity index (χ3v) is 5.30. The van der Waals surface area contributed by atoms with Crippen LogP contribution in [0.5, 0.6) is 5.75 Å². The van der Waals surface area contributed by atoms with E-state index in [0.29, 0.717) is 33.4 Å². The van der Waals surface area contributed by atoms with Crippen LogP contribution >= 0.6 is 11.6 Å². The Morgan fingerprint density at radius 3 is 2.62 bits per heavy atom. The maximum atomic E-state index is 13.5. The Balaban J connectivity index is 1.72. The molecule has 0 radical (unpaired) electrons. The quantitative estimate of drug-likeness (QED) is 0.465. The molecule has 0 unspecified atom stereocenters. The second kappa shape index (κ2) is 8.95. The number of aryl methyl sites for hydroxylation is 2. The number of carbonyl (C=O) groups excluding carboxylic acids is 1. The summed E-state index contributed by atoms with van der Waals surface area (Å²) >= 11 is 6.14. The van der Waals surface area contributed by atoms with Gasteiger partial charge in [0.2, 0.25) is 0 Å². The summed E-state index contributed by atoms with van der Waals surface area (Å²) in [5.74, 6) is 0.0890. The first-order valence-electron chi connectivity index (χ1n) is 10.8. The highest BCUT2D eigenvalue weighted by atomic mass is 35.5. The molecule has 4 aromatic rings. The lowest BCUT2D eigenvalue weighted by Gasteiger charge is -2.20. The number of rotatable bonds is 5. The van der Waals surface area contributed by atoms with Crippen molar-refractivity contribution >= 4 is 23.2 Å². The summed E-state index contributed by atoms with van der Waals surface area (Å²) in [6.07, 6.45) is 1.62. The van der Waals surface area contributed by atoms with E-state index in [0.717, 1.165) is 11.4 Å². The van der Waals surface area contributed by atoms with Crippen LogP contribution in [-0.4, -0.2) is 37.2 Å². The second-order valence-corrected chi connectivity index (χ2v) is 9.53. The van der Waals surface area contributed by atoms with Gasteiger partial charge in [-0.2, -0.15) is 5.10 Å². The normalized spacial score (nSPS) is 11.6. The Labute approximate surface area is 202 Å². The highest BCUT2D eigenvalue weighted by molar-refractivity contribution is 6.30. The van der Waals surface area contributed by atoms with Crippen LogP contribution in [0.25, 0.3) is 22.6 Å². The average Bonchev–Trinajstić information content (AvgIpc) is 3.12. The van der Waals surface area contributed by atoms with E-state index >= 15 is 0 Å². The number of nitrogens with one attached hydrogen (secondary N) is 1. The van der Waals surface area contributed by atoms with Crippen LogP contribution < -0.4 is 15.6 Å². The number of fused-ring (bicyclic) bond motifs is 1. The number of halogens is 1. The van der Waals surface area contributed by atoms with Gasteiger partial charge in [-0.25, -0.2) is 9.67 Å². The van der Waals surface area contributed by atoms with E-state index in [4.69, 9.17) is 16.3 Å². The summed E-state index contributed by atoms with van der Waals surface area (Å²) in [5, 5.41) is 8.10. The summed E-state index contributed by atoms with van der Waals surface area (Å²) in [6, 6.07) is 12.6. The zero-order valence-corrected chi connectivity index (χ0v) is 20.5. The Morgan fingerprint density at radius 2 is 1.91 bits per heavy atom. The number of amides is 1. The third kappa shape index (κ3) is 4.82. The first-order valence-corrected chi connectivity index (χ1v) is 11.2. The fourth-order valence-electron chi connectivity index (χ4n) is 3.71. The maximum absolute atomic E-state index is 13.5. The smallest absolute Gasteiger partial charge is 0.267 e. The summed E-state index contributed by atoms with van der Waals surface area (Å²) in [7, 11) is 0. The zero-order chi connectivity index (χ0) is 24.6. The van der Waals surface area contributed by atoms with Gasteiger partial charge in [-0.15, -0.1) is 0 Å². The molecular formula is C25H26ClN5O3. The monoisotopic (exact) mass is 479 g/mol. The van der Waals surface area contributed by atoms with Crippen LogP contribution in [0.1, 0.15) is 32.2 Å². The van der Waals surface area contributed by atoms with Crippen molar-refractivity contribution in [1.82, 2.24) is 24.5 Å². The molecule has 0 spiro atoms. The van der Waals surface area contributed by atoms with Crippen molar-refractivity contribution in [2.45, 2.75) is 40.2 Å². The molecule has 1 amide bonds. The minimum absolute atomic E-state index is 0.184. The van der Waals surface area contributed by atoms with Crippen LogP contribution in [-0.2, 0) is 4.79 Å². The van der Waals surface area contributed by atoms with Gasteiger partial charge in [0.05, 0.1) is 16.9 Å². The van der Waals surface area contributed by atoms with Gasteiger partial charge in [0.1, 0.15) is 5.69 Å². The van der Waals surface area contributed by atoms with Crippen molar-refractivity contribution in [2.75, 3.05) is 6.61 Å². The second-order valence-electron chi connectivity index (χ2n) is 9.09. The molecule has 0 aliphatic rings. The summed E-state index contributed by atoms with van der Waals surface area (Å²) in [4.78, 5) is 30.3. The number of benzene rings is 1. The van der Waals surface area contributed by atoms with Crippen molar-refractivity contribution in [2.24, 2.45) is 0 Å². The summed E-state index contributed by atoms with van der Waals surface area (Å²) in [6.45, 7) is 9.16. The lowest BCUT2D eigenvalue weighted by atomic mass is 10.1. The van der Waals surface area contributed by atoms with Gasteiger partial charge >= 0.3 is 0 Å². The SMILES string of the molecule is Cc1nc2c(OCC(=O)NC(C)(C)C)cccn2c(=O)c1-c1cc(C)n(-c2cccc(Cl)c2)n1. The highest BCUT2D eigenvalue weighted by Gasteiger charge is 2.19. The molecule has 9 heteroatoms.